The number of hydrogen-bond donors (Lipinski definition) is 1. The minimum Gasteiger partial charge on any atom is -0.449 e. The molecule has 25 heavy (non-hydrogen) atoms. The Kier molecular flexibility index (Phi) is 6.88. The second-order valence-corrected chi connectivity index (χ2v) is 6.36. The molecule has 1 N–H and O–H groups in total. The Hall–Kier alpha value is -2.01. The average Bonchev–Trinajstić information content (AvgIpc) is 2.54. The number of carbonyl (C=O) groups is 2. The fourth-order valence-electron chi connectivity index (χ4n) is 1.87. The first-order valence-electron chi connectivity index (χ1n) is 7.25. The first kappa shape index (κ1) is 19.3. The third-order valence-corrected chi connectivity index (χ3v) is 3.91. The molecule has 0 aliphatic carbocycles. The molecule has 4 nitrogen and oxygen atoms in total. The van der Waals surface area contributed by atoms with Crippen molar-refractivity contribution in [3.8, 4) is 0 Å². The van der Waals surface area contributed by atoms with Crippen molar-refractivity contribution in [2.45, 2.75) is 13.0 Å². The maximum absolute atomic E-state index is 12.0. The molecule has 2 aromatic carbocycles. The summed E-state index contributed by atoms with van der Waals surface area (Å²) in [6.07, 6.45) is 1.71. The molecule has 2 rings (SSSR count). The van der Waals surface area contributed by atoms with Gasteiger partial charge in [-0.25, -0.2) is 4.79 Å². The molecule has 0 bridgehead atoms. The number of halogens is 3. The summed E-state index contributed by atoms with van der Waals surface area (Å²) in [7, 11) is 0. The molecule has 7 heteroatoms. The van der Waals surface area contributed by atoms with Crippen LogP contribution < -0.4 is 5.32 Å². The summed E-state index contributed by atoms with van der Waals surface area (Å²) < 4.78 is 5.06. The van der Waals surface area contributed by atoms with Crippen LogP contribution in [0.5, 0.6) is 0 Å². The molecule has 0 heterocycles. The highest BCUT2D eigenvalue weighted by molar-refractivity contribution is 6.35. The second kappa shape index (κ2) is 8.90. The van der Waals surface area contributed by atoms with E-state index in [2.05, 4.69) is 5.32 Å². The lowest BCUT2D eigenvalue weighted by Crippen LogP contribution is -2.29. The van der Waals surface area contributed by atoms with Crippen LogP contribution in [0.25, 0.3) is 6.08 Å². The fraction of sp³-hybridized carbons (Fsp3) is 0.111. The van der Waals surface area contributed by atoms with Crippen molar-refractivity contribution in [2.75, 3.05) is 5.32 Å². The molecule has 0 saturated heterocycles. The lowest BCUT2D eigenvalue weighted by molar-refractivity contribution is -0.148. The zero-order valence-corrected chi connectivity index (χ0v) is 15.4. The Morgan fingerprint density at radius 1 is 1.08 bits per heavy atom. The highest BCUT2D eigenvalue weighted by Gasteiger charge is 2.16. The number of esters is 1. The Labute approximate surface area is 160 Å². The van der Waals surface area contributed by atoms with Gasteiger partial charge in [-0.2, -0.15) is 0 Å². The van der Waals surface area contributed by atoms with Gasteiger partial charge in [0.25, 0.3) is 5.91 Å². The maximum atomic E-state index is 12.0. The lowest BCUT2D eigenvalue weighted by Gasteiger charge is -2.12. The Morgan fingerprint density at radius 2 is 1.80 bits per heavy atom. The van der Waals surface area contributed by atoms with Gasteiger partial charge in [-0.1, -0.05) is 46.9 Å². The Bertz CT molecular complexity index is 821. The molecule has 0 spiro atoms. The van der Waals surface area contributed by atoms with Crippen molar-refractivity contribution in [1.82, 2.24) is 0 Å². The van der Waals surface area contributed by atoms with Gasteiger partial charge in [-0.05, 0) is 48.9 Å². The summed E-state index contributed by atoms with van der Waals surface area (Å²) >= 11 is 17.7. The van der Waals surface area contributed by atoms with Gasteiger partial charge in [0, 0.05) is 26.8 Å². The van der Waals surface area contributed by atoms with Crippen molar-refractivity contribution >= 4 is 58.4 Å². The number of anilines is 1. The van der Waals surface area contributed by atoms with Crippen LogP contribution in [0.2, 0.25) is 15.1 Å². The number of nitrogens with one attached hydrogen (secondary N) is 1. The summed E-state index contributed by atoms with van der Waals surface area (Å²) in [4.78, 5) is 23.9. The molecule has 1 unspecified atom stereocenters. The molecule has 2 aromatic rings. The number of benzene rings is 2. The molecular formula is C18H14Cl3NO3. The predicted molar refractivity (Wildman–Crippen MR) is 101 cm³/mol. The van der Waals surface area contributed by atoms with E-state index in [4.69, 9.17) is 39.5 Å². The van der Waals surface area contributed by atoms with Gasteiger partial charge in [0.15, 0.2) is 6.10 Å². The summed E-state index contributed by atoms with van der Waals surface area (Å²) in [5.41, 5.74) is 1.13. The standard InChI is InChI=1S/C18H14Cl3NO3/c1-11(18(24)22-15-4-2-3-13(19)9-15)25-17(23)8-6-12-5-7-14(20)10-16(12)21/h2-11H,1H3,(H,22,24). The van der Waals surface area contributed by atoms with Gasteiger partial charge in [-0.3, -0.25) is 4.79 Å². The van der Waals surface area contributed by atoms with Gasteiger partial charge >= 0.3 is 5.97 Å². The molecule has 0 saturated carbocycles. The van der Waals surface area contributed by atoms with Crippen LogP contribution in [0.15, 0.2) is 48.5 Å². The number of amides is 1. The fourth-order valence-corrected chi connectivity index (χ4v) is 2.53. The maximum Gasteiger partial charge on any atom is 0.331 e. The number of hydrogen-bond acceptors (Lipinski definition) is 3. The SMILES string of the molecule is CC(OC(=O)C=Cc1ccc(Cl)cc1Cl)C(=O)Nc1cccc(Cl)c1. The van der Waals surface area contributed by atoms with Crippen molar-refractivity contribution < 1.29 is 14.3 Å². The van der Waals surface area contributed by atoms with E-state index in [1.165, 1.54) is 19.1 Å². The van der Waals surface area contributed by atoms with E-state index in [1.807, 2.05) is 0 Å². The van der Waals surface area contributed by atoms with Crippen LogP contribution in [-0.2, 0) is 14.3 Å². The van der Waals surface area contributed by atoms with Crippen molar-refractivity contribution in [2.24, 2.45) is 0 Å². The molecule has 0 aliphatic rings. The van der Waals surface area contributed by atoms with Crippen molar-refractivity contribution in [3.63, 3.8) is 0 Å². The quantitative estimate of drug-likeness (QED) is 0.554. The van der Waals surface area contributed by atoms with Gasteiger partial charge < -0.3 is 10.1 Å². The van der Waals surface area contributed by atoms with Gasteiger partial charge in [-0.15, -0.1) is 0 Å². The number of rotatable bonds is 5. The normalized spacial score (nSPS) is 12.0. The molecule has 0 fully saturated rings. The highest BCUT2D eigenvalue weighted by Crippen LogP contribution is 2.22. The van der Waals surface area contributed by atoms with Crippen LogP contribution in [0.4, 0.5) is 5.69 Å². The Balaban J connectivity index is 1.92. The van der Waals surface area contributed by atoms with Gasteiger partial charge in [0.2, 0.25) is 0 Å². The second-order valence-electron chi connectivity index (χ2n) is 5.08. The minimum atomic E-state index is -0.975. The zero-order chi connectivity index (χ0) is 18.4. The number of carbonyl (C=O) groups excluding carboxylic acids is 2. The summed E-state index contributed by atoms with van der Waals surface area (Å²) in [5.74, 6) is -1.13. The molecule has 1 amide bonds. The van der Waals surface area contributed by atoms with E-state index in [0.29, 0.717) is 26.3 Å². The van der Waals surface area contributed by atoms with Gasteiger partial charge in [0.1, 0.15) is 0 Å². The number of ether oxygens (including phenoxy) is 1. The highest BCUT2D eigenvalue weighted by atomic mass is 35.5. The van der Waals surface area contributed by atoms with Crippen LogP contribution >= 0.6 is 34.8 Å². The van der Waals surface area contributed by atoms with E-state index in [9.17, 15) is 9.59 Å². The van der Waals surface area contributed by atoms with Crippen LogP contribution in [0.1, 0.15) is 12.5 Å². The topological polar surface area (TPSA) is 55.4 Å². The van der Waals surface area contributed by atoms with E-state index < -0.39 is 18.0 Å². The van der Waals surface area contributed by atoms with Gasteiger partial charge in [0.05, 0.1) is 0 Å². The van der Waals surface area contributed by atoms with E-state index in [1.54, 1.807) is 42.5 Å². The summed E-state index contributed by atoms with van der Waals surface area (Å²) in [6, 6.07) is 11.6. The van der Waals surface area contributed by atoms with E-state index >= 15 is 0 Å². The Morgan fingerprint density at radius 3 is 2.48 bits per heavy atom. The molecule has 130 valence electrons. The molecule has 0 aliphatic heterocycles. The van der Waals surface area contributed by atoms with Crippen LogP contribution in [-0.4, -0.2) is 18.0 Å². The van der Waals surface area contributed by atoms with E-state index in [-0.39, 0.29) is 0 Å². The van der Waals surface area contributed by atoms with Crippen LogP contribution in [0, 0.1) is 0 Å². The third kappa shape index (κ3) is 6.09. The zero-order valence-electron chi connectivity index (χ0n) is 13.1. The smallest absolute Gasteiger partial charge is 0.331 e. The van der Waals surface area contributed by atoms with E-state index in [0.717, 1.165) is 0 Å². The summed E-state index contributed by atoms with van der Waals surface area (Å²) in [5, 5.41) is 4.01. The first-order valence-corrected chi connectivity index (χ1v) is 8.39. The largest absolute Gasteiger partial charge is 0.449 e. The van der Waals surface area contributed by atoms with Crippen molar-refractivity contribution in [3.05, 3.63) is 69.2 Å². The minimum absolute atomic E-state index is 0.406. The average molecular weight is 399 g/mol. The third-order valence-electron chi connectivity index (χ3n) is 3.12. The monoisotopic (exact) mass is 397 g/mol. The predicted octanol–water partition coefficient (Wildman–Crippen LogP) is 5.23. The van der Waals surface area contributed by atoms with Crippen molar-refractivity contribution in [1.29, 1.82) is 0 Å². The molecular weight excluding hydrogens is 385 g/mol. The molecule has 0 aromatic heterocycles. The first-order chi connectivity index (χ1) is 11.8. The summed E-state index contributed by atoms with van der Waals surface area (Å²) in [6.45, 7) is 1.47. The molecule has 0 radical (unpaired) electrons. The molecule has 1 atom stereocenters. The lowest BCUT2D eigenvalue weighted by atomic mass is 10.2. The van der Waals surface area contributed by atoms with Crippen LogP contribution in [0.3, 0.4) is 0 Å².